The highest BCUT2D eigenvalue weighted by Crippen LogP contribution is 2.54. The maximum absolute atomic E-state index is 14.5. The van der Waals surface area contributed by atoms with Crippen LogP contribution in [0.2, 0.25) is 0 Å². The van der Waals surface area contributed by atoms with Gasteiger partial charge in [0.25, 0.3) is 17.6 Å². The number of Topliss-reactive ketones (excluding diaryl/α,β-unsaturated/α-hetero) is 1. The van der Waals surface area contributed by atoms with Crippen molar-refractivity contribution in [1.82, 2.24) is 5.32 Å². The molecule has 9 unspecified atom stereocenters. The minimum atomic E-state index is -2.05. The Hall–Kier alpha value is -5.20. The van der Waals surface area contributed by atoms with Crippen molar-refractivity contribution in [1.29, 1.82) is 0 Å². The summed E-state index contributed by atoms with van der Waals surface area (Å²) in [5.74, 6) is -8.57. The number of allylic oxidation sites excluding steroid dienone is 2. The number of aliphatic hydroxyl groups excluding tert-OH is 2. The maximum atomic E-state index is 14.5. The highest BCUT2D eigenvalue weighted by Gasteiger charge is 2.49. The molecule has 62 heavy (non-hydrogen) atoms. The second-order valence-electron chi connectivity index (χ2n) is 15.8. The van der Waals surface area contributed by atoms with Gasteiger partial charge in [0.15, 0.2) is 18.6 Å². The van der Waals surface area contributed by atoms with Crippen molar-refractivity contribution in [2.45, 2.75) is 106 Å². The molecule has 0 aromatic heterocycles. The Morgan fingerprint density at radius 1 is 0.952 bits per heavy atom. The van der Waals surface area contributed by atoms with E-state index in [1.807, 2.05) is 0 Å². The van der Waals surface area contributed by atoms with Crippen molar-refractivity contribution in [3.05, 3.63) is 53.3 Å². The summed E-state index contributed by atoms with van der Waals surface area (Å²) >= 11 is 0. The largest absolute Gasteiger partial charge is 0.507 e. The van der Waals surface area contributed by atoms with E-state index in [9.17, 15) is 39.6 Å². The van der Waals surface area contributed by atoms with Crippen LogP contribution in [-0.4, -0.2) is 114 Å². The molecule has 342 valence electrons. The zero-order valence-corrected chi connectivity index (χ0v) is 37.3. The molecule has 0 radical (unpaired) electrons. The number of ether oxygens (including phenoxy) is 7. The van der Waals surface area contributed by atoms with Crippen LogP contribution in [0.15, 0.2) is 42.2 Å². The topological polar surface area (TPSA) is 238 Å². The third-order valence-electron chi connectivity index (χ3n) is 11.4. The fourth-order valence-corrected chi connectivity index (χ4v) is 7.68. The quantitative estimate of drug-likeness (QED) is 0.0996. The number of carbonyl (C=O) groups excluding carboxylic acids is 4. The van der Waals surface area contributed by atoms with Crippen LogP contribution >= 0.6 is 0 Å². The van der Waals surface area contributed by atoms with E-state index >= 15 is 0 Å². The Morgan fingerprint density at radius 3 is 2.23 bits per heavy atom. The van der Waals surface area contributed by atoms with E-state index < -0.39 is 102 Å². The lowest BCUT2D eigenvalue weighted by atomic mass is 9.78. The number of hydrogen-bond acceptors (Lipinski definition) is 15. The predicted molar refractivity (Wildman–Crippen MR) is 228 cm³/mol. The molecule has 0 saturated heterocycles. The van der Waals surface area contributed by atoms with Gasteiger partial charge in [-0.05, 0) is 33.8 Å². The molecule has 3 aliphatic heterocycles. The predicted octanol–water partition coefficient (Wildman–Crippen LogP) is 4.94. The summed E-state index contributed by atoms with van der Waals surface area (Å²) in [5.41, 5.74) is -0.135. The summed E-state index contributed by atoms with van der Waals surface area (Å²) < 4.78 is 40.7. The zero-order valence-electron chi connectivity index (χ0n) is 37.3. The summed E-state index contributed by atoms with van der Waals surface area (Å²) in [6.45, 7) is 16.1. The lowest BCUT2D eigenvalue weighted by Crippen LogP contribution is -2.46. The van der Waals surface area contributed by atoms with Gasteiger partial charge in [0.2, 0.25) is 0 Å². The van der Waals surface area contributed by atoms with Crippen molar-refractivity contribution in [3.8, 4) is 23.0 Å². The Kier molecular flexibility index (Phi) is 17.0. The van der Waals surface area contributed by atoms with Crippen molar-refractivity contribution in [2.75, 3.05) is 38.8 Å². The monoisotopic (exact) mass is 870 g/mol. The van der Waals surface area contributed by atoms with Gasteiger partial charge >= 0.3 is 11.8 Å². The third kappa shape index (κ3) is 10.9. The fourth-order valence-electron chi connectivity index (χ4n) is 7.68. The number of rotatable bonds is 11. The van der Waals surface area contributed by atoms with Crippen LogP contribution in [0.25, 0.3) is 10.8 Å². The average Bonchev–Trinajstić information content (AvgIpc) is 3.50. The summed E-state index contributed by atoms with van der Waals surface area (Å²) in [6.07, 6.45) is 2.75. The Bertz CT molecular complexity index is 2060. The third-order valence-corrected chi connectivity index (χ3v) is 11.4. The zero-order chi connectivity index (χ0) is 46.2. The van der Waals surface area contributed by atoms with Crippen LogP contribution in [0.3, 0.4) is 0 Å². The van der Waals surface area contributed by atoms with Crippen LogP contribution in [0.1, 0.15) is 78.2 Å². The molecule has 3 aliphatic rings. The SMILES string of the molecule is CCOC(CNC(=O)COc1cc2c(O)c3c(O)c(C)c4c(c13)C(=O)C(C)(O/C=C\C(OC)C(C)C(OC(C)=O)C(C)C(O)C(C)C(O)C(C)/C=C\C=C(\C)C(=O)N2)O4)OCC. The smallest absolute Gasteiger partial charge is 0.312 e. The van der Waals surface area contributed by atoms with E-state index in [1.54, 1.807) is 53.7 Å². The van der Waals surface area contributed by atoms with Crippen molar-refractivity contribution >= 4 is 40.0 Å². The van der Waals surface area contributed by atoms with E-state index in [-0.39, 0.29) is 51.2 Å². The molecule has 0 spiro atoms. The van der Waals surface area contributed by atoms with Gasteiger partial charge in [-0.1, -0.05) is 45.9 Å². The molecule has 9 atom stereocenters. The number of ketones is 1. The first kappa shape index (κ1) is 49.5. The van der Waals surface area contributed by atoms with Gasteiger partial charge in [-0.3, -0.25) is 19.2 Å². The first-order chi connectivity index (χ1) is 29.2. The minimum Gasteiger partial charge on any atom is -0.507 e. The number of nitrogens with one attached hydrogen (secondary N) is 2. The van der Waals surface area contributed by atoms with E-state index in [2.05, 4.69) is 10.6 Å². The van der Waals surface area contributed by atoms with Crippen molar-refractivity contribution in [2.24, 2.45) is 23.7 Å². The standard InChI is InChI=1S/C45H62N2O15/c1-12-57-33(58-13-2)20-46-32(49)21-59-31-19-29-40(53)35-34(31)36-42(27(8)39(35)52)62-45(10,43(36)54)60-18-17-30(56-11)24(5)41(61-28(9)48)26(7)38(51)25(6)37(50)22(3)15-14-16-23(4)44(55)47-29/h14-19,22,24-26,30,33,37-38,41,50-53H,12-13,20-21H2,1-11H3,(H,46,49)(H,47,55)/b15-14-,18-17-,23-16-. The van der Waals surface area contributed by atoms with Gasteiger partial charge in [0.05, 0.1) is 47.8 Å². The molecule has 2 aromatic rings. The summed E-state index contributed by atoms with van der Waals surface area (Å²) in [6, 6.07) is 1.22. The highest BCUT2D eigenvalue weighted by molar-refractivity contribution is 6.21. The van der Waals surface area contributed by atoms with Gasteiger partial charge in [-0.15, -0.1) is 0 Å². The van der Waals surface area contributed by atoms with E-state index in [0.29, 0.717) is 13.2 Å². The van der Waals surface area contributed by atoms with Gasteiger partial charge in [-0.25, -0.2) is 0 Å². The molecule has 5 rings (SSSR count). The number of esters is 1. The molecule has 17 nitrogen and oxygen atoms in total. The molecule has 0 aliphatic carbocycles. The van der Waals surface area contributed by atoms with Crippen molar-refractivity contribution in [3.63, 3.8) is 0 Å². The minimum absolute atomic E-state index is 0.00264. The van der Waals surface area contributed by atoms with Crippen LogP contribution < -0.4 is 20.1 Å². The fraction of sp³-hybridized carbons (Fsp3) is 0.556. The van der Waals surface area contributed by atoms with E-state index in [4.69, 9.17) is 33.2 Å². The second-order valence-corrected chi connectivity index (χ2v) is 15.8. The summed E-state index contributed by atoms with van der Waals surface area (Å²) in [7, 11) is 1.43. The molecule has 0 fully saturated rings. The number of aromatic hydroxyl groups is 2. The molecule has 2 aromatic carbocycles. The number of phenolic OH excluding ortho intramolecular Hbond substituents is 2. The number of fused-ring (bicyclic) bond motifs is 14. The number of phenols is 2. The maximum Gasteiger partial charge on any atom is 0.312 e. The molecule has 0 saturated carbocycles. The first-order valence-electron chi connectivity index (χ1n) is 20.7. The molecule has 2 amide bonds. The first-order valence-corrected chi connectivity index (χ1v) is 20.7. The van der Waals surface area contributed by atoms with Crippen LogP contribution in [0.5, 0.6) is 23.0 Å². The Labute approximate surface area is 362 Å². The summed E-state index contributed by atoms with van der Waals surface area (Å²) in [5, 5.41) is 51.1. The Morgan fingerprint density at radius 2 is 1.61 bits per heavy atom. The number of methoxy groups -OCH3 is 1. The van der Waals surface area contributed by atoms with E-state index in [0.717, 1.165) is 0 Å². The highest BCUT2D eigenvalue weighted by atomic mass is 16.7. The van der Waals surface area contributed by atoms with Crippen molar-refractivity contribution < 1.29 is 72.8 Å². The number of hydrogen-bond donors (Lipinski definition) is 6. The number of carbonyl (C=O) groups is 4. The van der Waals surface area contributed by atoms with Crippen LogP contribution in [-0.2, 0) is 38.1 Å². The summed E-state index contributed by atoms with van der Waals surface area (Å²) in [4.78, 5) is 53.5. The normalized spacial score (nSPS) is 29.0. The van der Waals surface area contributed by atoms with Gasteiger partial charge in [0, 0.05) is 80.4 Å². The van der Waals surface area contributed by atoms with Crippen LogP contribution in [0, 0.1) is 30.6 Å². The molecule has 3 heterocycles. The number of anilines is 1. The Balaban J connectivity index is 1.89. The number of aliphatic hydroxyl groups is 2. The number of amides is 2. The van der Waals surface area contributed by atoms with Gasteiger partial charge in [0.1, 0.15) is 23.4 Å². The van der Waals surface area contributed by atoms with Crippen LogP contribution in [0.4, 0.5) is 5.69 Å². The van der Waals surface area contributed by atoms with Gasteiger partial charge in [-0.2, -0.15) is 0 Å². The van der Waals surface area contributed by atoms with Gasteiger partial charge < -0.3 is 64.2 Å². The number of benzene rings is 2. The molecule has 17 heteroatoms. The molecular formula is C45H62N2O15. The lowest BCUT2D eigenvalue weighted by Gasteiger charge is -2.38. The molecule has 5 bridgehead atoms. The lowest BCUT2D eigenvalue weighted by molar-refractivity contribution is -0.160. The second kappa shape index (κ2) is 21.3. The molecule has 6 N–H and O–H groups in total. The van der Waals surface area contributed by atoms with E-state index in [1.165, 1.54) is 59.3 Å². The molecular weight excluding hydrogens is 808 g/mol. The average molecular weight is 871 g/mol.